The minimum Gasteiger partial charge on any atom is -0.463 e. The lowest BCUT2D eigenvalue weighted by atomic mass is 10.0. The first-order chi connectivity index (χ1) is 11.3. The fourth-order valence-electron chi connectivity index (χ4n) is 2.74. The summed E-state index contributed by atoms with van der Waals surface area (Å²) in [5.74, 6) is 0.633. The van der Waals surface area contributed by atoms with Crippen LogP contribution in [0.15, 0.2) is 75.1 Å². The zero-order valence-electron chi connectivity index (χ0n) is 12.3. The maximum absolute atomic E-state index is 12.8. The second kappa shape index (κ2) is 5.85. The van der Waals surface area contributed by atoms with Gasteiger partial charge in [-0.15, -0.1) is 0 Å². The zero-order valence-corrected chi connectivity index (χ0v) is 13.1. The first kappa shape index (κ1) is 14.0. The van der Waals surface area contributed by atoms with E-state index in [-0.39, 0.29) is 11.9 Å². The molecule has 5 heteroatoms. The fourth-order valence-corrected chi connectivity index (χ4v) is 3.37. The Morgan fingerprint density at radius 3 is 2.74 bits per heavy atom. The Balaban J connectivity index is 1.72. The summed E-state index contributed by atoms with van der Waals surface area (Å²) in [4.78, 5) is 12.8. The van der Waals surface area contributed by atoms with Crippen LogP contribution < -0.4 is 0 Å². The highest BCUT2D eigenvalue weighted by Crippen LogP contribution is 2.34. The predicted molar refractivity (Wildman–Crippen MR) is 89.5 cm³/mol. The van der Waals surface area contributed by atoms with Gasteiger partial charge in [-0.05, 0) is 29.1 Å². The number of carbonyl (C=O) groups is 1. The summed E-state index contributed by atoms with van der Waals surface area (Å²) in [6.45, 7) is 0. The number of furan rings is 1. The lowest BCUT2D eigenvalue weighted by Gasteiger charge is -2.21. The van der Waals surface area contributed by atoms with Gasteiger partial charge in [0, 0.05) is 11.8 Å². The van der Waals surface area contributed by atoms with E-state index >= 15 is 0 Å². The molecule has 1 aliphatic heterocycles. The second-order valence-electron chi connectivity index (χ2n) is 5.32. The Hall–Kier alpha value is -2.66. The largest absolute Gasteiger partial charge is 0.463 e. The predicted octanol–water partition coefficient (Wildman–Crippen LogP) is 4.33. The molecular formula is C18H14N2O2S. The molecule has 2 aromatic heterocycles. The van der Waals surface area contributed by atoms with Crippen LogP contribution >= 0.6 is 11.3 Å². The molecule has 0 saturated heterocycles. The van der Waals surface area contributed by atoms with Gasteiger partial charge in [-0.2, -0.15) is 16.4 Å². The number of hydrogen-bond donors (Lipinski definition) is 0. The van der Waals surface area contributed by atoms with Gasteiger partial charge in [-0.25, -0.2) is 5.01 Å². The summed E-state index contributed by atoms with van der Waals surface area (Å²) in [5, 5.41) is 9.89. The molecule has 4 nitrogen and oxygen atoms in total. The molecule has 0 unspecified atom stereocenters. The number of hydrazone groups is 1. The Bertz CT molecular complexity index is 823. The van der Waals surface area contributed by atoms with Crippen molar-refractivity contribution in [3.8, 4) is 0 Å². The maximum atomic E-state index is 12.8. The van der Waals surface area contributed by atoms with Crippen molar-refractivity contribution >= 4 is 23.0 Å². The third-order valence-corrected chi connectivity index (χ3v) is 4.56. The van der Waals surface area contributed by atoms with Gasteiger partial charge < -0.3 is 4.42 Å². The van der Waals surface area contributed by atoms with Crippen LogP contribution in [0, 0.1) is 0 Å². The normalized spacial score (nSPS) is 17.3. The quantitative estimate of drug-likeness (QED) is 0.720. The van der Waals surface area contributed by atoms with E-state index in [1.807, 2.05) is 59.3 Å². The molecule has 1 aromatic carbocycles. The van der Waals surface area contributed by atoms with Gasteiger partial charge in [0.05, 0.1) is 17.9 Å². The van der Waals surface area contributed by atoms with Crippen molar-refractivity contribution in [3.05, 3.63) is 82.4 Å². The number of nitrogens with zero attached hydrogens (tertiary/aromatic N) is 2. The summed E-state index contributed by atoms with van der Waals surface area (Å²) in [6.07, 6.45) is 2.27. The molecule has 0 saturated carbocycles. The van der Waals surface area contributed by atoms with E-state index in [1.54, 1.807) is 11.3 Å². The van der Waals surface area contributed by atoms with Gasteiger partial charge in [0.15, 0.2) is 0 Å². The van der Waals surface area contributed by atoms with Crippen molar-refractivity contribution in [2.24, 2.45) is 5.10 Å². The average molecular weight is 322 g/mol. The fraction of sp³-hybridized carbons (Fsp3) is 0.111. The average Bonchev–Trinajstić information content (AvgIpc) is 3.35. The molecule has 3 aromatic rings. The van der Waals surface area contributed by atoms with Gasteiger partial charge in [-0.3, -0.25) is 4.79 Å². The highest BCUT2D eigenvalue weighted by Gasteiger charge is 2.34. The Kier molecular flexibility index (Phi) is 3.55. The standard InChI is InChI=1S/C18H14N2O2S/c21-18(14-8-10-23-12-14)20-16(13-5-2-1-3-6-13)11-15(19-20)17-7-4-9-22-17/h1-10,12,16H,11H2/t16-/m0/s1. The van der Waals surface area contributed by atoms with Crippen LogP contribution in [0.2, 0.25) is 0 Å². The van der Waals surface area contributed by atoms with Crippen molar-refractivity contribution in [2.75, 3.05) is 0 Å². The summed E-state index contributed by atoms with van der Waals surface area (Å²) in [5.41, 5.74) is 2.54. The molecule has 1 amide bonds. The molecule has 4 rings (SSSR count). The Morgan fingerprint density at radius 1 is 1.17 bits per heavy atom. The minimum atomic E-state index is -0.108. The maximum Gasteiger partial charge on any atom is 0.275 e. The van der Waals surface area contributed by atoms with Crippen molar-refractivity contribution in [1.82, 2.24) is 5.01 Å². The van der Waals surface area contributed by atoms with Crippen LogP contribution in [0.5, 0.6) is 0 Å². The molecule has 114 valence electrons. The topological polar surface area (TPSA) is 45.8 Å². The molecule has 1 aliphatic rings. The van der Waals surface area contributed by atoms with Gasteiger partial charge in [0.2, 0.25) is 0 Å². The Morgan fingerprint density at radius 2 is 2.04 bits per heavy atom. The lowest BCUT2D eigenvalue weighted by molar-refractivity contribution is 0.0712. The van der Waals surface area contributed by atoms with E-state index in [0.717, 1.165) is 11.3 Å². The number of hydrogen-bond acceptors (Lipinski definition) is 4. The van der Waals surface area contributed by atoms with Crippen LogP contribution in [-0.4, -0.2) is 16.6 Å². The summed E-state index contributed by atoms with van der Waals surface area (Å²) >= 11 is 1.51. The molecule has 0 bridgehead atoms. The molecule has 0 aliphatic carbocycles. The van der Waals surface area contributed by atoms with Crippen LogP contribution in [0.3, 0.4) is 0 Å². The zero-order chi connectivity index (χ0) is 15.6. The minimum absolute atomic E-state index is 0.0818. The van der Waals surface area contributed by atoms with Crippen molar-refractivity contribution < 1.29 is 9.21 Å². The van der Waals surface area contributed by atoms with Crippen molar-refractivity contribution in [3.63, 3.8) is 0 Å². The third-order valence-electron chi connectivity index (χ3n) is 3.88. The first-order valence-corrected chi connectivity index (χ1v) is 8.29. The van der Waals surface area contributed by atoms with Gasteiger partial charge in [-0.1, -0.05) is 30.3 Å². The van der Waals surface area contributed by atoms with Crippen molar-refractivity contribution in [2.45, 2.75) is 12.5 Å². The molecule has 1 atom stereocenters. The third kappa shape index (κ3) is 2.59. The lowest BCUT2D eigenvalue weighted by Crippen LogP contribution is -2.26. The first-order valence-electron chi connectivity index (χ1n) is 7.35. The molecule has 0 radical (unpaired) electrons. The molecular weight excluding hydrogens is 308 g/mol. The highest BCUT2D eigenvalue weighted by atomic mass is 32.1. The van der Waals surface area contributed by atoms with E-state index in [0.29, 0.717) is 17.7 Å². The van der Waals surface area contributed by atoms with Crippen LogP contribution in [0.25, 0.3) is 0 Å². The smallest absolute Gasteiger partial charge is 0.275 e. The summed E-state index contributed by atoms with van der Waals surface area (Å²) < 4.78 is 5.45. The van der Waals surface area contributed by atoms with E-state index in [9.17, 15) is 4.79 Å². The van der Waals surface area contributed by atoms with E-state index in [2.05, 4.69) is 5.10 Å². The summed E-state index contributed by atoms with van der Waals surface area (Å²) in [6, 6.07) is 15.4. The number of thiophene rings is 1. The SMILES string of the molecule is O=C(c1ccsc1)N1N=C(c2ccco2)C[C@H]1c1ccccc1. The van der Waals surface area contributed by atoms with Gasteiger partial charge in [0.25, 0.3) is 5.91 Å². The molecule has 0 fully saturated rings. The van der Waals surface area contributed by atoms with Gasteiger partial charge in [0.1, 0.15) is 11.5 Å². The number of amides is 1. The second-order valence-corrected chi connectivity index (χ2v) is 6.10. The van der Waals surface area contributed by atoms with E-state index in [4.69, 9.17) is 4.42 Å². The number of carbonyl (C=O) groups excluding carboxylic acids is 1. The molecule has 3 heterocycles. The molecule has 0 spiro atoms. The van der Waals surface area contributed by atoms with Crippen molar-refractivity contribution in [1.29, 1.82) is 0 Å². The van der Waals surface area contributed by atoms with Crippen LogP contribution in [-0.2, 0) is 0 Å². The highest BCUT2D eigenvalue weighted by molar-refractivity contribution is 7.08. The Labute approximate surface area is 137 Å². The number of rotatable bonds is 3. The van der Waals surface area contributed by atoms with E-state index in [1.165, 1.54) is 11.3 Å². The molecule has 23 heavy (non-hydrogen) atoms. The monoisotopic (exact) mass is 322 g/mol. The number of benzene rings is 1. The van der Waals surface area contributed by atoms with Gasteiger partial charge >= 0.3 is 0 Å². The van der Waals surface area contributed by atoms with Crippen LogP contribution in [0.4, 0.5) is 0 Å². The van der Waals surface area contributed by atoms with Crippen LogP contribution in [0.1, 0.15) is 34.1 Å². The molecule has 0 N–H and O–H groups in total. The summed E-state index contributed by atoms with van der Waals surface area (Å²) in [7, 11) is 0. The van der Waals surface area contributed by atoms with E-state index < -0.39 is 0 Å².